The lowest BCUT2D eigenvalue weighted by Gasteiger charge is -2.32. The van der Waals surface area contributed by atoms with Crippen molar-refractivity contribution in [1.29, 1.82) is 0 Å². The molecule has 1 aliphatic rings. The van der Waals surface area contributed by atoms with Crippen LogP contribution >= 0.6 is 0 Å². The van der Waals surface area contributed by atoms with E-state index in [0.29, 0.717) is 38.9 Å². The first-order chi connectivity index (χ1) is 13.4. The predicted molar refractivity (Wildman–Crippen MR) is 110 cm³/mol. The van der Waals surface area contributed by atoms with Crippen LogP contribution in [0.25, 0.3) is 32.6 Å². The van der Waals surface area contributed by atoms with Gasteiger partial charge < -0.3 is 14.5 Å². The van der Waals surface area contributed by atoms with Crippen LogP contribution in [0.5, 0.6) is 11.5 Å². The van der Waals surface area contributed by atoms with Crippen LogP contribution in [0.15, 0.2) is 47.3 Å². The number of ketones is 1. The number of H-pyrrole nitrogens is 1. The summed E-state index contributed by atoms with van der Waals surface area (Å²) < 4.78 is 11.5. The number of carbonyl (C=O) groups excluding carboxylic acids is 1. The van der Waals surface area contributed by atoms with Gasteiger partial charge in [0.2, 0.25) is 5.43 Å². The van der Waals surface area contributed by atoms with Crippen molar-refractivity contribution in [3.63, 3.8) is 0 Å². The molecule has 5 rings (SSSR count). The fraction of sp³-hybridized carbons (Fsp3) is 0.217. The molecule has 0 saturated heterocycles. The van der Waals surface area contributed by atoms with E-state index >= 15 is 0 Å². The molecule has 28 heavy (non-hydrogen) atoms. The van der Waals surface area contributed by atoms with E-state index < -0.39 is 5.60 Å². The van der Waals surface area contributed by atoms with E-state index in [1.807, 2.05) is 50.2 Å². The minimum atomic E-state index is -0.601. The van der Waals surface area contributed by atoms with E-state index in [1.54, 1.807) is 6.07 Å². The number of Topliss-reactive ketones (excluding diaryl/α,β-unsaturated/α-hetero) is 1. The molecule has 0 amide bonds. The number of methoxy groups -OCH3 is 1. The van der Waals surface area contributed by atoms with Crippen LogP contribution in [0.3, 0.4) is 0 Å². The SMILES string of the molecule is COc1cc2c(c3[nH]c4cc5ccccc5cc4c(=O)c13)C(=O)CC(C)(C)O2. The second kappa shape index (κ2) is 5.58. The standard InChI is InChI=1S/C23H19NO4/c1-23(2)11-16(25)19-18(28-23)10-17(27-3)20-21(19)24-15-9-13-7-5-4-6-12(13)8-14(15)22(20)26/h4-10H,11H2,1-3H3,(H,24,26). The van der Waals surface area contributed by atoms with Crippen molar-refractivity contribution in [2.75, 3.05) is 7.11 Å². The number of rotatable bonds is 1. The largest absolute Gasteiger partial charge is 0.496 e. The average molecular weight is 373 g/mol. The number of aromatic nitrogens is 1. The monoisotopic (exact) mass is 373 g/mol. The van der Waals surface area contributed by atoms with E-state index in [2.05, 4.69) is 4.98 Å². The maximum absolute atomic E-state index is 13.4. The number of ether oxygens (including phenoxy) is 2. The number of fused-ring (bicyclic) bond motifs is 5. The first kappa shape index (κ1) is 16.8. The molecule has 140 valence electrons. The topological polar surface area (TPSA) is 68.4 Å². The highest BCUT2D eigenvalue weighted by molar-refractivity contribution is 6.14. The minimum Gasteiger partial charge on any atom is -0.496 e. The van der Waals surface area contributed by atoms with Crippen molar-refractivity contribution >= 4 is 38.4 Å². The van der Waals surface area contributed by atoms with E-state index in [-0.39, 0.29) is 17.6 Å². The summed E-state index contributed by atoms with van der Waals surface area (Å²) in [6.07, 6.45) is 0.249. The molecule has 0 unspecified atom stereocenters. The molecule has 5 heteroatoms. The Bertz CT molecular complexity index is 1360. The molecule has 1 aromatic heterocycles. The molecule has 0 fully saturated rings. The van der Waals surface area contributed by atoms with Crippen molar-refractivity contribution in [1.82, 2.24) is 4.98 Å². The number of pyridine rings is 1. The number of hydrogen-bond donors (Lipinski definition) is 1. The second-order valence-electron chi connectivity index (χ2n) is 7.86. The first-order valence-electron chi connectivity index (χ1n) is 9.20. The number of nitrogens with one attached hydrogen (secondary N) is 1. The predicted octanol–water partition coefficient (Wildman–Crippen LogP) is 4.59. The van der Waals surface area contributed by atoms with Crippen molar-refractivity contribution in [3.8, 4) is 11.5 Å². The van der Waals surface area contributed by atoms with Crippen molar-refractivity contribution < 1.29 is 14.3 Å². The fourth-order valence-electron chi connectivity index (χ4n) is 4.11. The number of benzene rings is 3. The van der Waals surface area contributed by atoms with E-state index in [4.69, 9.17) is 9.47 Å². The molecular weight excluding hydrogens is 354 g/mol. The molecule has 0 radical (unpaired) electrons. The molecule has 3 aromatic carbocycles. The summed E-state index contributed by atoms with van der Waals surface area (Å²) in [6.45, 7) is 3.75. The van der Waals surface area contributed by atoms with Crippen LogP contribution in [0.1, 0.15) is 30.6 Å². The van der Waals surface area contributed by atoms with Gasteiger partial charge in [0.15, 0.2) is 5.78 Å². The molecule has 0 aliphatic carbocycles. The number of hydrogen-bond acceptors (Lipinski definition) is 4. The Kier molecular flexibility index (Phi) is 3.35. The van der Waals surface area contributed by atoms with Crippen molar-refractivity contribution in [2.45, 2.75) is 25.9 Å². The summed E-state index contributed by atoms with van der Waals surface area (Å²) in [5.74, 6) is 0.798. The third-order valence-electron chi connectivity index (χ3n) is 5.34. The van der Waals surface area contributed by atoms with Gasteiger partial charge >= 0.3 is 0 Å². The molecule has 0 bridgehead atoms. The Labute approximate surface area is 160 Å². The summed E-state index contributed by atoms with van der Waals surface area (Å²) in [5, 5.41) is 2.94. The molecule has 0 atom stereocenters. The second-order valence-corrected chi connectivity index (χ2v) is 7.86. The van der Waals surface area contributed by atoms with Gasteiger partial charge in [0.25, 0.3) is 0 Å². The average Bonchev–Trinajstić information content (AvgIpc) is 2.64. The highest BCUT2D eigenvalue weighted by atomic mass is 16.5. The van der Waals surface area contributed by atoms with Crippen LogP contribution in [0.4, 0.5) is 0 Å². The maximum Gasteiger partial charge on any atom is 0.201 e. The molecule has 1 N–H and O–H groups in total. The van der Waals surface area contributed by atoms with Crippen LogP contribution in [0.2, 0.25) is 0 Å². The summed E-state index contributed by atoms with van der Waals surface area (Å²) in [4.78, 5) is 29.6. The lowest BCUT2D eigenvalue weighted by Crippen LogP contribution is -2.36. The van der Waals surface area contributed by atoms with Crippen molar-refractivity contribution in [3.05, 3.63) is 58.3 Å². The fourth-order valence-corrected chi connectivity index (χ4v) is 4.11. The van der Waals surface area contributed by atoms with Crippen molar-refractivity contribution in [2.24, 2.45) is 0 Å². The van der Waals surface area contributed by atoms with E-state index in [1.165, 1.54) is 7.11 Å². The molecule has 0 spiro atoms. The Morgan fingerprint density at radius 2 is 1.79 bits per heavy atom. The van der Waals surface area contributed by atoms with Crippen LogP contribution < -0.4 is 14.9 Å². The van der Waals surface area contributed by atoms with Gasteiger partial charge in [0.1, 0.15) is 17.1 Å². The van der Waals surface area contributed by atoms with Gasteiger partial charge in [-0.15, -0.1) is 0 Å². The van der Waals surface area contributed by atoms with E-state index in [9.17, 15) is 9.59 Å². The molecule has 2 heterocycles. The summed E-state index contributed by atoms with van der Waals surface area (Å²) >= 11 is 0. The van der Waals surface area contributed by atoms with Crippen LogP contribution in [-0.2, 0) is 0 Å². The number of aromatic amines is 1. The Morgan fingerprint density at radius 1 is 1.07 bits per heavy atom. The molecule has 5 nitrogen and oxygen atoms in total. The van der Waals surface area contributed by atoms with E-state index in [0.717, 1.165) is 10.8 Å². The maximum atomic E-state index is 13.4. The smallest absolute Gasteiger partial charge is 0.201 e. The highest BCUT2D eigenvalue weighted by Crippen LogP contribution is 2.41. The lowest BCUT2D eigenvalue weighted by atomic mass is 9.91. The van der Waals surface area contributed by atoms with Crippen LogP contribution in [-0.4, -0.2) is 23.5 Å². The van der Waals surface area contributed by atoms with Gasteiger partial charge in [-0.2, -0.15) is 0 Å². The first-order valence-corrected chi connectivity index (χ1v) is 9.20. The van der Waals surface area contributed by atoms with Gasteiger partial charge in [-0.05, 0) is 36.8 Å². The van der Waals surface area contributed by atoms with Gasteiger partial charge in [-0.1, -0.05) is 24.3 Å². The third-order valence-corrected chi connectivity index (χ3v) is 5.34. The summed E-state index contributed by atoms with van der Waals surface area (Å²) in [6, 6.07) is 13.3. The minimum absolute atomic E-state index is 0.0466. The summed E-state index contributed by atoms with van der Waals surface area (Å²) in [7, 11) is 1.51. The zero-order valence-corrected chi connectivity index (χ0v) is 15.9. The van der Waals surface area contributed by atoms with Crippen LogP contribution in [0, 0.1) is 0 Å². The Hall–Kier alpha value is -3.34. The molecule has 0 saturated carbocycles. The van der Waals surface area contributed by atoms with Gasteiger partial charge in [0.05, 0.1) is 35.5 Å². The summed E-state index contributed by atoms with van der Waals surface area (Å²) in [5.41, 5.74) is 0.817. The highest BCUT2D eigenvalue weighted by Gasteiger charge is 2.35. The van der Waals surface area contributed by atoms with Gasteiger partial charge in [0, 0.05) is 11.5 Å². The Morgan fingerprint density at radius 3 is 2.50 bits per heavy atom. The van der Waals surface area contributed by atoms with Gasteiger partial charge in [-0.25, -0.2) is 0 Å². The zero-order valence-electron chi connectivity index (χ0n) is 15.9. The zero-order chi connectivity index (χ0) is 19.6. The van der Waals surface area contributed by atoms with Gasteiger partial charge in [-0.3, -0.25) is 9.59 Å². The third kappa shape index (κ3) is 2.32. The number of carbonyl (C=O) groups is 1. The quantitative estimate of drug-likeness (QED) is 0.496. The normalized spacial score (nSPS) is 15.6. The Balaban J connectivity index is 1.97. The molecule has 4 aromatic rings. The molecular formula is C23H19NO4. The molecule has 1 aliphatic heterocycles. The lowest BCUT2D eigenvalue weighted by molar-refractivity contribution is 0.0622.